The van der Waals surface area contributed by atoms with Gasteiger partial charge in [0.05, 0.1) is 17.4 Å². The van der Waals surface area contributed by atoms with E-state index in [4.69, 9.17) is 4.74 Å². The number of benzene rings is 2. The number of aromatic nitrogens is 4. The Labute approximate surface area is 219 Å². The third kappa shape index (κ3) is 6.53. The Kier molecular flexibility index (Phi) is 8.02. The Hall–Kier alpha value is -4.71. The molecule has 0 spiro atoms. The van der Waals surface area contributed by atoms with Crippen molar-refractivity contribution in [2.75, 3.05) is 44.4 Å². The number of rotatable bonds is 10. The SMILES string of the molecule is Cc1ccc(NC(=O)c2nc[nH]c2C(=O)Nc2nc3ccc(OCC(=O)NCCN(C)C)cc3[nH]2)c(C)c1. The van der Waals surface area contributed by atoms with Crippen molar-refractivity contribution in [3.63, 3.8) is 0 Å². The van der Waals surface area contributed by atoms with Crippen molar-refractivity contribution >= 4 is 40.4 Å². The number of hydrogen-bond donors (Lipinski definition) is 5. The van der Waals surface area contributed by atoms with Gasteiger partial charge in [-0.3, -0.25) is 19.7 Å². The van der Waals surface area contributed by atoms with Crippen LogP contribution in [0.25, 0.3) is 11.0 Å². The molecule has 0 unspecified atom stereocenters. The molecule has 0 aliphatic heterocycles. The Balaban J connectivity index is 1.39. The quantitative estimate of drug-likeness (QED) is 0.216. The maximum atomic E-state index is 12.9. The molecule has 0 saturated carbocycles. The van der Waals surface area contributed by atoms with E-state index in [1.807, 2.05) is 45.0 Å². The van der Waals surface area contributed by atoms with Crippen molar-refractivity contribution in [3.05, 3.63) is 65.2 Å². The molecule has 38 heavy (non-hydrogen) atoms. The van der Waals surface area contributed by atoms with Crippen LogP contribution in [-0.4, -0.2) is 76.3 Å². The molecule has 198 valence electrons. The molecular weight excluding hydrogens is 488 g/mol. The van der Waals surface area contributed by atoms with Crippen LogP contribution in [-0.2, 0) is 4.79 Å². The zero-order valence-electron chi connectivity index (χ0n) is 21.6. The summed E-state index contributed by atoms with van der Waals surface area (Å²) in [7, 11) is 3.86. The maximum Gasteiger partial charge on any atom is 0.276 e. The number of anilines is 2. The van der Waals surface area contributed by atoms with Crippen LogP contribution in [0.3, 0.4) is 0 Å². The molecule has 3 amide bonds. The Bertz CT molecular complexity index is 1470. The van der Waals surface area contributed by atoms with E-state index < -0.39 is 11.8 Å². The number of imidazole rings is 2. The van der Waals surface area contributed by atoms with Gasteiger partial charge in [0, 0.05) is 24.8 Å². The molecule has 0 saturated heterocycles. The fraction of sp³-hybridized carbons (Fsp3) is 0.269. The molecule has 2 heterocycles. The lowest BCUT2D eigenvalue weighted by Gasteiger charge is -2.11. The predicted octanol–water partition coefficient (Wildman–Crippen LogP) is 2.46. The summed E-state index contributed by atoms with van der Waals surface area (Å²) in [6, 6.07) is 10.7. The number of carbonyl (C=O) groups is 3. The number of ether oxygens (including phenoxy) is 1. The Morgan fingerprint density at radius 3 is 2.61 bits per heavy atom. The molecule has 4 aromatic rings. The minimum absolute atomic E-state index is 0.00276. The monoisotopic (exact) mass is 518 g/mol. The van der Waals surface area contributed by atoms with Gasteiger partial charge in [-0.15, -0.1) is 0 Å². The number of nitrogens with one attached hydrogen (secondary N) is 5. The van der Waals surface area contributed by atoms with Gasteiger partial charge in [-0.25, -0.2) is 9.97 Å². The lowest BCUT2D eigenvalue weighted by molar-refractivity contribution is -0.123. The first-order valence-corrected chi connectivity index (χ1v) is 12.0. The summed E-state index contributed by atoms with van der Waals surface area (Å²) in [6.07, 6.45) is 1.28. The van der Waals surface area contributed by atoms with Gasteiger partial charge >= 0.3 is 0 Å². The number of aryl methyl sites for hydroxylation is 2. The van der Waals surface area contributed by atoms with Gasteiger partial charge in [0.15, 0.2) is 12.3 Å². The highest BCUT2D eigenvalue weighted by atomic mass is 16.5. The minimum Gasteiger partial charge on any atom is -0.484 e. The number of fused-ring (bicyclic) bond motifs is 1. The van der Waals surface area contributed by atoms with E-state index in [1.165, 1.54) is 6.33 Å². The van der Waals surface area contributed by atoms with E-state index in [9.17, 15) is 14.4 Å². The second kappa shape index (κ2) is 11.6. The van der Waals surface area contributed by atoms with Crippen LogP contribution < -0.4 is 20.7 Å². The number of hydrogen-bond acceptors (Lipinski definition) is 7. The summed E-state index contributed by atoms with van der Waals surface area (Å²) in [6.45, 7) is 5.00. The van der Waals surface area contributed by atoms with Crippen LogP contribution >= 0.6 is 0 Å². The molecule has 2 aromatic carbocycles. The van der Waals surface area contributed by atoms with Crippen LogP contribution in [0.15, 0.2) is 42.7 Å². The molecule has 0 bridgehead atoms. The fourth-order valence-corrected chi connectivity index (χ4v) is 3.70. The van der Waals surface area contributed by atoms with E-state index in [1.54, 1.807) is 24.3 Å². The predicted molar refractivity (Wildman–Crippen MR) is 144 cm³/mol. The van der Waals surface area contributed by atoms with E-state index in [0.29, 0.717) is 29.0 Å². The number of carbonyl (C=O) groups excluding carboxylic acids is 3. The number of H-pyrrole nitrogens is 2. The van der Waals surface area contributed by atoms with Gasteiger partial charge in [-0.05, 0) is 51.7 Å². The van der Waals surface area contributed by atoms with Crippen molar-refractivity contribution in [1.29, 1.82) is 0 Å². The van der Waals surface area contributed by atoms with Crippen LogP contribution in [0, 0.1) is 13.8 Å². The summed E-state index contributed by atoms with van der Waals surface area (Å²) < 4.78 is 5.57. The second-order valence-electron chi connectivity index (χ2n) is 9.06. The van der Waals surface area contributed by atoms with Crippen molar-refractivity contribution in [1.82, 2.24) is 30.2 Å². The molecule has 0 atom stereocenters. The number of aromatic amines is 2. The molecule has 5 N–H and O–H groups in total. The summed E-state index contributed by atoms with van der Waals surface area (Å²) in [5.74, 6) is -0.667. The van der Waals surface area contributed by atoms with Crippen LogP contribution in [0.4, 0.5) is 11.6 Å². The van der Waals surface area contributed by atoms with E-state index in [2.05, 4.69) is 35.9 Å². The Morgan fingerprint density at radius 1 is 1.03 bits per heavy atom. The number of amides is 3. The zero-order chi connectivity index (χ0) is 27.2. The molecule has 4 rings (SSSR count). The van der Waals surface area contributed by atoms with Gasteiger partial charge in [0.2, 0.25) is 5.95 Å². The number of nitrogens with zero attached hydrogens (tertiary/aromatic N) is 3. The first-order valence-electron chi connectivity index (χ1n) is 12.0. The third-order valence-corrected chi connectivity index (χ3v) is 5.65. The maximum absolute atomic E-state index is 12.9. The highest BCUT2D eigenvalue weighted by molar-refractivity contribution is 6.13. The zero-order valence-corrected chi connectivity index (χ0v) is 21.6. The molecule has 12 nitrogen and oxygen atoms in total. The Morgan fingerprint density at radius 2 is 1.84 bits per heavy atom. The molecule has 0 radical (unpaired) electrons. The number of likely N-dealkylation sites (N-methyl/N-ethyl adjacent to an activating group) is 1. The molecule has 0 aliphatic carbocycles. The molecule has 2 aromatic heterocycles. The molecule has 0 fully saturated rings. The van der Waals surface area contributed by atoms with E-state index in [-0.39, 0.29) is 29.9 Å². The first-order chi connectivity index (χ1) is 18.2. The van der Waals surface area contributed by atoms with E-state index >= 15 is 0 Å². The van der Waals surface area contributed by atoms with Crippen LogP contribution in [0.1, 0.15) is 32.1 Å². The topological polar surface area (TPSA) is 157 Å². The molecular formula is C26H30N8O4. The van der Waals surface area contributed by atoms with Crippen molar-refractivity contribution < 1.29 is 19.1 Å². The summed E-state index contributed by atoms with van der Waals surface area (Å²) in [4.78, 5) is 53.8. The molecule has 0 aliphatic rings. The third-order valence-electron chi connectivity index (χ3n) is 5.65. The smallest absolute Gasteiger partial charge is 0.276 e. The van der Waals surface area contributed by atoms with Crippen molar-refractivity contribution in [2.24, 2.45) is 0 Å². The summed E-state index contributed by atoms with van der Waals surface area (Å²) in [5, 5.41) is 8.22. The largest absolute Gasteiger partial charge is 0.484 e. The second-order valence-corrected chi connectivity index (χ2v) is 9.06. The average Bonchev–Trinajstić information content (AvgIpc) is 3.51. The highest BCUT2D eigenvalue weighted by Gasteiger charge is 2.22. The normalized spacial score (nSPS) is 11.0. The lowest BCUT2D eigenvalue weighted by atomic mass is 10.1. The van der Waals surface area contributed by atoms with Crippen LogP contribution in [0.5, 0.6) is 5.75 Å². The minimum atomic E-state index is -0.585. The van der Waals surface area contributed by atoms with Gasteiger partial charge in [0.1, 0.15) is 11.4 Å². The van der Waals surface area contributed by atoms with Gasteiger partial charge < -0.3 is 30.2 Å². The highest BCUT2D eigenvalue weighted by Crippen LogP contribution is 2.22. The average molecular weight is 519 g/mol. The van der Waals surface area contributed by atoms with Gasteiger partial charge in [-0.1, -0.05) is 17.7 Å². The summed E-state index contributed by atoms with van der Waals surface area (Å²) >= 11 is 0. The van der Waals surface area contributed by atoms with E-state index in [0.717, 1.165) is 17.7 Å². The summed E-state index contributed by atoms with van der Waals surface area (Å²) in [5.41, 5.74) is 3.75. The van der Waals surface area contributed by atoms with Gasteiger partial charge in [-0.2, -0.15) is 0 Å². The van der Waals surface area contributed by atoms with Gasteiger partial charge in [0.25, 0.3) is 17.7 Å². The van der Waals surface area contributed by atoms with Crippen molar-refractivity contribution in [3.8, 4) is 5.75 Å². The first kappa shape index (κ1) is 26.4. The standard InChI is InChI=1S/C26H30N8O4/c1-15-5-7-18(16(2)11-15)30-24(36)22-23(29-14-28-22)25(37)33-26-31-19-8-6-17(12-20(19)32-26)38-13-21(35)27-9-10-34(3)4/h5-8,11-12,14H,9-10,13H2,1-4H3,(H,27,35)(H,28,29)(H,30,36)(H2,31,32,33,37). The van der Waals surface area contributed by atoms with Crippen LogP contribution in [0.2, 0.25) is 0 Å². The molecule has 12 heteroatoms. The fourth-order valence-electron chi connectivity index (χ4n) is 3.70. The lowest BCUT2D eigenvalue weighted by Crippen LogP contribution is -2.34. The van der Waals surface area contributed by atoms with Crippen molar-refractivity contribution in [2.45, 2.75) is 13.8 Å².